The number of carbonyl (C=O) groups excluding carboxylic acids is 2. The summed E-state index contributed by atoms with van der Waals surface area (Å²) in [6.07, 6.45) is 2.23. The van der Waals surface area contributed by atoms with Crippen LogP contribution in [0.1, 0.15) is 41.9 Å². The lowest BCUT2D eigenvalue weighted by atomic mass is 9.89. The third kappa shape index (κ3) is 4.90. The van der Waals surface area contributed by atoms with Crippen LogP contribution in [-0.4, -0.2) is 53.8 Å². The van der Waals surface area contributed by atoms with Crippen LogP contribution < -0.4 is 5.32 Å². The van der Waals surface area contributed by atoms with Gasteiger partial charge in [0.25, 0.3) is 0 Å². The zero-order valence-corrected chi connectivity index (χ0v) is 17.7. The summed E-state index contributed by atoms with van der Waals surface area (Å²) in [6.45, 7) is 5.71. The van der Waals surface area contributed by atoms with E-state index in [1.54, 1.807) is 0 Å². The van der Waals surface area contributed by atoms with Crippen molar-refractivity contribution in [2.75, 3.05) is 26.2 Å². The van der Waals surface area contributed by atoms with E-state index in [9.17, 15) is 9.59 Å². The molecule has 0 unspecified atom stereocenters. The van der Waals surface area contributed by atoms with Gasteiger partial charge >= 0.3 is 0 Å². The highest BCUT2D eigenvalue weighted by atomic mass is 16.2. The Balaban J connectivity index is 1.35. The molecule has 0 aliphatic carbocycles. The van der Waals surface area contributed by atoms with Gasteiger partial charge < -0.3 is 10.2 Å². The van der Waals surface area contributed by atoms with E-state index in [0.29, 0.717) is 19.0 Å². The van der Waals surface area contributed by atoms with Crippen molar-refractivity contribution in [3.05, 3.63) is 71.3 Å². The number of hydrogen-bond donors (Lipinski definition) is 1. The Hall–Kier alpha value is -2.66. The first kappa shape index (κ1) is 20.6. The van der Waals surface area contributed by atoms with Crippen LogP contribution in [0.3, 0.4) is 0 Å². The van der Waals surface area contributed by atoms with Gasteiger partial charge in [-0.25, -0.2) is 0 Å². The van der Waals surface area contributed by atoms with Crippen molar-refractivity contribution in [1.82, 2.24) is 15.1 Å². The first-order valence-electron chi connectivity index (χ1n) is 11.0. The zero-order chi connectivity index (χ0) is 20.9. The van der Waals surface area contributed by atoms with Crippen LogP contribution in [0.5, 0.6) is 0 Å². The molecule has 2 fully saturated rings. The van der Waals surface area contributed by atoms with Gasteiger partial charge in [-0.15, -0.1) is 0 Å². The molecule has 2 aliphatic rings. The monoisotopic (exact) mass is 405 g/mol. The standard InChI is InChI=1S/C25H31N3O2/c1-19-7-9-20(10-8-19)18-28-16-13-26-25(30)23(28)17-24(29)27-14-11-22(12-15-27)21-5-3-2-4-6-21/h2-10,22-23H,11-18H2,1H3,(H,26,30)/t23-/m1/s1. The lowest BCUT2D eigenvalue weighted by Crippen LogP contribution is -2.56. The molecule has 30 heavy (non-hydrogen) atoms. The van der Waals surface area contributed by atoms with Gasteiger partial charge in [-0.05, 0) is 36.8 Å². The molecule has 5 heteroatoms. The number of carbonyl (C=O) groups is 2. The molecule has 2 aromatic carbocycles. The van der Waals surface area contributed by atoms with Gasteiger partial charge in [-0.1, -0.05) is 60.2 Å². The Morgan fingerprint density at radius 2 is 1.70 bits per heavy atom. The van der Waals surface area contributed by atoms with Crippen molar-refractivity contribution in [2.45, 2.75) is 44.7 Å². The van der Waals surface area contributed by atoms with Gasteiger partial charge in [0.15, 0.2) is 0 Å². The fourth-order valence-electron chi connectivity index (χ4n) is 4.58. The number of piperazine rings is 1. The molecule has 5 nitrogen and oxygen atoms in total. The van der Waals surface area contributed by atoms with Crippen molar-refractivity contribution >= 4 is 11.8 Å². The molecule has 2 heterocycles. The van der Waals surface area contributed by atoms with Crippen LogP contribution in [0, 0.1) is 6.92 Å². The van der Waals surface area contributed by atoms with E-state index < -0.39 is 0 Å². The highest BCUT2D eigenvalue weighted by Crippen LogP contribution is 2.28. The molecule has 2 aromatic rings. The molecule has 2 aliphatic heterocycles. The smallest absolute Gasteiger partial charge is 0.237 e. The minimum atomic E-state index is -0.389. The van der Waals surface area contributed by atoms with E-state index in [-0.39, 0.29) is 24.3 Å². The van der Waals surface area contributed by atoms with E-state index >= 15 is 0 Å². The maximum Gasteiger partial charge on any atom is 0.237 e. The summed E-state index contributed by atoms with van der Waals surface area (Å²) in [5.41, 5.74) is 3.76. The van der Waals surface area contributed by atoms with Crippen LogP contribution in [0.25, 0.3) is 0 Å². The molecule has 0 radical (unpaired) electrons. The number of hydrogen-bond acceptors (Lipinski definition) is 3. The van der Waals surface area contributed by atoms with Crippen molar-refractivity contribution < 1.29 is 9.59 Å². The molecule has 2 amide bonds. The lowest BCUT2D eigenvalue weighted by molar-refractivity contribution is -0.139. The maximum absolute atomic E-state index is 13.0. The maximum atomic E-state index is 13.0. The molecule has 2 saturated heterocycles. The fourth-order valence-corrected chi connectivity index (χ4v) is 4.58. The molecule has 0 bridgehead atoms. The van der Waals surface area contributed by atoms with Gasteiger partial charge in [-0.2, -0.15) is 0 Å². The SMILES string of the molecule is Cc1ccc(CN2CCNC(=O)[C@H]2CC(=O)N2CCC(c3ccccc3)CC2)cc1. The minimum absolute atomic E-state index is 0.0270. The van der Waals surface area contributed by atoms with Crippen LogP contribution in [0.2, 0.25) is 0 Å². The number of nitrogens with one attached hydrogen (secondary N) is 1. The number of aryl methyl sites for hydroxylation is 1. The summed E-state index contributed by atoms with van der Waals surface area (Å²) in [4.78, 5) is 29.7. The molecule has 1 N–H and O–H groups in total. The Labute approximate surface area is 179 Å². The predicted octanol–water partition coefficient (Wildman–Crippen LogP) is 3.09. The highest BCUT2D eigenvalue weighted by Gasteiger charge is 2.34. The zero-order valence-electron chi connectivity index (χ0n) is 17.7. The summed E-state index contributed by atoms with van der Waals surface area (Å²) in [7, 11) is 0. The minimum Gasteiger partial charge on any atom is -0.353 e. The van der Waals surface area contributed by atoms with Crippen molar-refractivity contribution in [2.24, 2.45) is 0 Å². The van der Waals surface area contributed by atoms with E-state index in [1.807, 2.05) is 11.0 Å². The Morgan fingerprint density at radius 1 is 1.00 bits per heavy atom. The second-order valence-corrected chi connectivity index (χ2v) is 8.53. The predicted molar refractivity (Wildman–Crippen MR) is 118 cm³/mol. The van der Waals surface area contributed by atoms with E-state index in [2.05, 4.69) is 65.7 Å². The summed E-state index contributed by atoms with van der Waals surface area (Å²) in [5, 5.41) is 2.94. The van der Waals surface area contributed by atoms with Crippen LogP contribution >= 0.6 is 0 Å². The average Bonchev–Trinajstić information content (AvgIpc) is 2.78. The van der Waals surface area contributed by atoms with Gasteiger partial charge in [0, 0.05) is 32.7 Å². The third-order valence-corrected chi connectivity index (χ3v) is 6.43. The summed E-state index contributed by atoms with van der Waals surface area (Å²) in [6, 6.07) is 18.6. The van der Waals surface area contributed by atoms with Gasteiger partial charge in [0.1, 0.15) is 0 Å². The van der Waals surface area contributed by atoms with Gasteiger partial charge in [0.2, 0.25) is 11.8 Å². The summed E-state index contributed by atoms with van der Waals surface area (Å²) in [5.74, 6) is 0.588. The number of amides is 2. The van der Waals surface area contributed by atoms with Crippen LogP contribution in [0.15, 0.2) is 54.6 Å². The van der Waals surface area contributed by atoms with Crippen molar-refractivity contribution in [1.29, 1.82) is 0 Å². The van der Waals surface area contributed by atoms with Crippen molar-refractivity contribution in [3.8, 4) is 0 Å². The number of nitrogens with zero attached hydrogens (tertiary/aromatic N) is 2. The van der Waals surface area contributed by atoms with Gasteiger partial charge in [0.05, 0.1) is 12.5 Å². The van der Waals surface area contributed by atoms with E-state index in [4.69, 9.17) is 0 Å². The molecular weight excluding hydrogens is 374 g/mol. The molecule has 0 spiro atoms. The Bertz CT molecular complexity index is 858. The van der Waals surface area contributed by atoms with E-state index in [0.717, 1.165) is 32.5 Å². The number of benzene rings is 2. The number of piperidine rings is 1. The Morgan fingerprint density at radius 3 is 2.40 bits per heavy atom. The normalized spacial score (nSPS) is 20.8. The quantitative estimate of drug-likeness (QED) is 0.832. The second-order valence-electron chi connectivity index (χ2n) is 8.53. The van der Waals surface area contributed by atoms with Gasteiger partial charge in [-0.3, -0.25) is 14.5 Å². The largest absolute Gasteiger partial charge is 0.353 e. The molecule has 158 valence electrons. The number of likely N-dealkylation sites (tertiary alicyclic amines) is 1. The Kier molecular flexibility index (Phi) is 6.48. The lowest BCUT2D eigenvalue weighted by Gasteiger charge is -2.37. The van der Waals surface area contributed by atoms with E-state index in [1.165, 1.54) is 16.7 Å². The summed E-state index contributed by atoms with van der Waals surface area (Å²) < 4.78 is 0. The molecule has 1 atom stereocenters. The molecule has 0 aromatic heterocycles. The number of rotatable bonds is 5. The molecular formula is C25H31N3O2. The van der Waals surface area contributed by atoms with Crippen LogP contribution in [-0.2, 0) is 16.1 Å². The fraction of sp³-hybridized carbons (Fsp3) is 0.440. The first-order chi connectivity index (χ1) is 14.6. The van der Waals surface area contributed by atoms with Crippen molar-refractivity contribution in [3.63, 3.8) is 0 Å². The molecule has 4 rings (SSSR count). The second kappa shape index (κ2) is 9.43. The topological polar surface area (TPSA) is 52.7 Å². The highest BCUT2D eigenvalue weighted by molar-refractivity contribution is 5.88. The summed E-state index contributed by atoms with van der Waals surface area (Å²) >= 11 is 0. The van der Waals surface area contributed by atoms with Crippen LogP contribution in [0.4, 0.5) is 0 Å². The third-order valence-electron chi connectivity index (χ3n) is 6.43. The average molecular weight is 406 g/mol. The molecule has 0 saturated carbocycles. The first-order valence-corrected chi connectivity index (χ1v) is 11.0.